The maximum absolute atomic E-state index is 5.90. The van der Waals surface area contributed by atoms with Gasteiger partial charge in [0.25, 0.3) is 0 Å². The van der Waals surface area contributed by atoms with Crippen molar-refractivity contribution < 1.29 is 0 Å². The largest absolute Gasteiger partial charge is 0.327 e. The van der Waals surface area contributed by atoms with Crippen molar-refractivity contribution in [2.24, 2.45) is 11.1 Å². The van der Waals surface area contributed by atoms with Gasteiger partial charge in [-0.25, -0.2) is 0 Å². The van der Waals surface area contributed by atoms with E-state index in [1.165, 1.54) is 38.9 Å². The summed E-state index contributed by atoms with van der Waals surface area (Å²) in [6.45, 7) is 6.02. The summed E-state index contributed by atoms with van der Waals surface area (Å²) >= 11 is 0. The standard InChI is InChI=1S/C9H18N2/c1-2-11-5-3-9(4-6-11)7-8(9)10/h8H,2-7,10H2,1H3/t8-/m0/s1. The van der Waals surface area contributed by atoms with Gasteiger partial charge in [0.05, 0.1) is 0 Å². The molecule has 0 aromatic rings. The Kier molecular flexibility index (Phi) is 1.69. The maximum Gasteiger partial charge on any atom is 0.0103 e. The number of piperidine rings is 1. The molecule has 2 N–H and O–H groups in total. The lowest BCUT2D eigenvalue weighted by Crippen LogP contribution is -2.36. The van der Waals surface area contributed by atoms with E-state index in [4.69, 9.17) is 5.73 Å². The van der Waals surface area contributed by atoms with Crippen LogP contribution in [0.5, 0.6) is 0 Å². The highest BCUT2D eigenvalue weighted by atomic mass is 15.1. The molecular weight excluding hydrogens is 136 g/mol. The molecule has 1 aliphatic heterocycles. The van der Waals surface area contributed by atoms with Crippen LogP contribution in [0.1, 0.15) is 26.2 Å². The van der Waals surface area contributed by atoms with E-state index in [1.807, 2.05) is 0 Å². The molecule has 0 amide bonds. The quantitative estimate of drug-likeness (QED) is 0.606. The maximum atomic E-state index is 5.90. The molecule has 1 saturated heterocycles. The molecule has 1 heterocycles. The van der Waals surface area contributed by atoms with Crippen LogP contribution in [0.15, 0.2) is 0 Å². The predicted octanol–water partition coefficient (Wildman–Crippen LogP) is 0.819. The minimum atomic E-state index is 0.543. The molecule has 2 rings (SSSR count). The van der Waals surface area contributed by atoms with E-state index in [1.54, 1.807) is 0 Å². The number of rotatable bonds is 1. The summed E-state index contributed by atoms with van der Waals surface area (Å²) in [5, 5.41) is 0. The van der Waals surface area contributed by atoms with Gasteiger partial charge in [-0.05, 0) is 44.3 Å². The summed E-state index contributed by atoms with van der Waals surface area (Å²) in [5.74, 6) is 0. The average Bonchev–Trinajstić information content (AvgIpc) is 2.64. The molecule has 2 aliphatic rings. The molecule has 0 aromatic heterocycles. The molecule has 64 valence electrons. The Morgan fingerprint density at radius 2 is 2.00 bits per heavy atom. The fourth-order valence-electron chi connectivity index (χ4n) is 2.27. The molecule has 1 atom stereocenters. The predicted molar refractivity (Wildman–Crippen MR) is 46.4 cm³/mol. The molecule has 2 heteroatoms. The van der Waals surface area contributed by atoms with Crippen molar-refractivity contribution in [3.05, 3.63) is 0 Å². The van der Waals surface area contributed by atoms with Crippen molar-refractivity contribution in [2.45, 2.75) is 32.2 Å². The zero-order valence-corrected chi connectivity index (χ0v) is 7.34. The molecule has 2 nitrogen and oxygen atoms in total. The van der Waals surface area contributed by atoms with Gasteiger partial charge in [-0.2, -0.15) is 0 Å². The van der Waals surface area contributed by atoms with Gasteiger partial charge < -0.3 is 10.6 Å². The van der Waals surface area contributed by atoms with Crippen molar-refractivity contribution in [3.63, 3.8) is 0 Å². The molecule has 1 saturated carbocycles. The van der Waals surface area contributed by atoms with E-state index in [0.717, 1.165) is 0 Å². The van der Waals surface area contributed by atoms with Crippen molar-refractivity contribution in [2.75, 3.05) is 19.6 Å². The Hall–Kier alpha value is -0.0800. The lowest BCUT2D eigenvalue weighted by Gasteiger charge is -2.31. The van der Waals surface area contributed by atoms with E-state index >= 15 is 0 Å². The summed E-state index contributed by atoms with van der Waals surface area (Å²) in [7, 11) is 0. The van der Waals surface area contributed by atoms with Gasteiger partial charge >= 0.3 is 0 Å². The van der Waals surface area contributed by atoms with E-state index in [-0.39, 0.29) is 0 Å². The Labute approximate surface area is 68.7 Å². The molecule has 1 aliphatic carbocycles. The SMILES string of the molecule is CCN1CCC2(CC1)C[C@@H]2N. The molecule has 0 radical (unpaired) electrons. The Morgan fingerprint density at radius 1 is 1.45 bits per heavy atom. The second-order valence-electron chi connectivity index (χ2n) is 4.11. The number of hydrogen-bond donors (Lipinski definition) is 1. The van der Waals surface area contributed by atoms with Crippen LogP contribution >= 0.6 is 0 Å². The number of nitrogens with two attached hydrogens (primary N) is 1. The highest BCUT2D eigenvalue weighted by Crippen LogP contribution is 2.52. The molecule has 11 heavy (non-hydrogen) atoms. The van der Waals surface area contributed by atoms with Crippen LogP contribution in [0.25, 0.3) is 0 Å². The Balaban J connectivity index is 1.86. The van der Waals surface area contributed by atoms with Crippen LogP contribution in [0.4, 0.5) is 0 Å². The van der Waals surface area contributed by atoms with E-state index in [2.05, 4.69) is 11.8 Å². The second-order valence-corrected chi connectivity index (χ2v) is 4.11. The Morgan fingerprint density at radius 3 is 2.36 bits per heavy atom. The van der Waals surface area contributed by atoms with Gasteiger partial charge in [0.15, 0.2) is 0 Å². The summed E-state index contributed by atoms with van der Waals surface area (Å²) in [4.78, 5) is 2.52. The first-order valence-electron chi connectivity index (χ1n) is 4.75. The lowest BCUT2D eigenvalue weighted by molar-refractivity contribution is 0.177. The van der Waals surface area contributed by atoms with E-state index in [9.17, 15) is 0 Å². The van der Waals surface area contributed by atoms with Crippen LogP contribution in [-0.4, -0.2) is 30.6 Å². The van der Waals surface area contributed by atoms with Crippen molar-refractivity contribution >= 4 is 0 Å². The van der Waals surface area contributed by atoms with Crippen LogP contribution in [-0.2, 0) is 0 Å². The van der Waals surface area contributed by atoms with Crippen LogP contribution < -0.4 is 5.73 Å². The van der Waals surface area contributed by atoms with Crippen LogP contribution in [0.3, 0.4) is 0 Å². The monoisotopic (exact) mass is 154 g/mol. The highest BCUT2D eigenvalue weighted by molar-refractivity contribution is 5.07. The minimum Gasteiger partial charge on any atom is -0.327 e. The zero-order chi connectivity index (χ0) is 7.90. The van der Waals surface area contributed by atoms with Gasteiger partial charge in [0.1, 0.15) is 0 Å². The topological polar surface area (TPSA) is 29.3 Å². The number of hydrogen-bond acceptors (Lipinski definition) is 2. The zero-order valence-electron chi connectivity index (χ0n) is 7.34. The van der Waals surface area contributed by atoms with E-state index < -0.39 is 0 Å². The summed E-state index contributed by atoms with van der Waals surface area (Å²) in [6, 6.07) is 0.543. The average molecular weight is 154 g/mol. The van der Waals surface area contributed by atoms with Crippen molar-refractivity contribution in [1.82, 2.24) is 4.90 Å². The normalized spacial score (nSPS) is 36.0. The minimum absolute atomic E-state index is 0.543. The molecule has 0 unspecified atom stereocenters. The third kappa shape index (κ3) is 1.18. The molecule has 0 aromatic carbocycles. The van der Waals surface area contributed by atoms with Gasteiger partial charge in [0, 0.05) is 6.04 Å². The van der Waals surface area contributed by atoms with Gasteiger partial charge in [0.2, 0.25) is 0 Å². The highest BCUT2D eigenvalue weighted by Gasteiger charge is 2.52. The molecule has 2 fully saturated rings. The first-order chi connectivity index (χ1) is 5.27. The number of nitrogens with zero attached hydrogens (tertiary/aromatic N) is 1. The summed E-state index contributed by atoms with van der Waals surface area (Å²) in [5.41, 5.74) is 6.50. The van der Waals surface area contributed by atoms with Gasteiger partial charge in [-0.15, -0.1) is 0 Å². The lowest BCUT2D eigenvalue weighted by atomic mass is 9.93. The summed E-state index contributed by atoms with van der Waals surface area (Å²) in [6.07, 6.45) is 3.99. The van der Waals surface area contributed by atoms with Crippen LogP contribution in [0.2, 0.25) is 0 Å². The third-order valence-corrected chi connectivity index (χ3v) is 3.55. The van der Waals surface area contributed by atoms with Crippen molar-refractivity contribution in [3.8, 4) is 0 Å². The van der Waals surface area contributed by atoms with E-state index in [0.29, 0.717) is 11.5 Å². The summed E-state index contributed by atoms with van der Waals surface area (Å²) < 4.78 is 0. The molecular formula is C9H18N2. The van der Waals surface area contributed by atoms with Crippen molar-refractivity contribution in [1.29, 1.82) is 0 Å². The second kappa shape index (κ2) is 2.46. The van der Waals surface area contributed by atoms with Gasteiger partial charge in [-0.3, -0.25) is 0 Å². The fourth-order valence-corrected chi connectivity index (χ4v) is 2.27. The molecule has 1 spiro atoms. The Bertz CT molecular complexity index is 148. The van der Waals surface area contributed by atoms with Gasteiger partial charge in [-0.1, -0.05) is 6.92 Å². The molecule has 0 bridgehead atoms. The first-order valence-corrected chi connectivity index (χ1v) is 4.75. The third-order valence-electron chi connectivity index (χ3n) is 3.55. The fraction of sp³-hybridized carbons (Fsp3) is 1.00. The smallest absolute Gasteiger partial charge is 0.0103 e. The number of likely N-dealkylation sites (tertiary alicyclic amines) is 1. The van der Waals surface area contributed by atoms with Crippen LogP contribution in [0, 0.1) is 5.41 Å². The first kappa shape index (κ1) is 7.56.